The van der Waals surface area contributed by atoms with E-state index in [-0.39, 0.29) is 6.61 Å². The maximum atomic E-state index is 8.93. The van der Waals surface area contributed by atoms with Crippen LogP contribution in [0, 0.1) is 20.8 Å². The topological polar surface area (TPSA) is 20.2 Å². The fourth-order valence-corrected chi connectivity index (χ4v) is 2.31. The molecule has 14 heavy (non-hydrogen) atoms. The van der Waals surface area contributed by atoms with Gasteiger partial charge in [-0.3, -0.25) is 0 Å². The molecular weight excluding hydrogens is 172 g/mol. The van der Waals surface area contributed by atoms with Crippen LogP contribution >= 0.6 is 0 Å². The summed E-state index contributed by atoms with van der Waals surface area (Å²) in [5.74, 6) is 0.459. The lowest BCUT2D eigenvalue weighted by Gasteiger charge is -2.17. The average Bonchev–Trinajstić information content (AvgIpc) is 2.01. The molecule has 0 heterocycles. The lowest BCUT2D eigenvalue weighted by molar-refractivity contribution is 0.278. The van der Waals surface area contributed by atoms with Crippen molar-refractivity contribution in [1.29, 1.82) is 0 Å². The first-order chi connectivity index (χ1) is 6.56. The van der Waals surface area contributed by atoms with E-state index in [9.17, 15) is 0 Å². The summed E-state index contributed by atoms with van der Waals surface area (Å²) in [4.78, 5) is 0. The molecule has 0 spiro atoms. The highest BCUT2D eigenvalue weighted by Gasteiger charge is 2.10. The van der Waals surface area contributed by atoms with Gasteiger partial charge in [0.15, 0.2) is 0 Å². The van der Waals surface area contributed by atoms with Gasteiger partial charge in [0, 0.05) is 6.61 Å². The predicted octanol–water partition coefficient (Wildman–Crippen LogP) is 3.10. The molecule has 1 heteroatoms. The van der Waals surface area contributed by atoms with E-state index in [2.05, 4.69) is 39.8 Å². The second kappa shape index (κ2) is 4.61. The molecular formula is C13H20O. The van der Waals surface area contributed by atoms with Crippen LogP contribution < -0.4 is 0 Å². The van der Waals surface area contributed by atoms with Gasteiger partial charge in [-0.2, -0.15) is 0 Å². The van der Waals surface area contributed by atoms with Crippen LogP contribution in [-0.2, 0) is 0 Å². The van der Waals surface area contributed by atoms with Crippen LogP contribution in [-0.4, -0.2) is 11.7 Å². The van der Waals surface area contributed by atoms with Crippen LogP contribution in [0.3, 0.4) is 0 Å². The summed E-state index contributed by atoms with van der Waals surface area (Å²) in [6.45, 7) is 8.89. The number of hydrogen-bond acceptors (Lipinski definition) is 1. The Morgan fingerprint density at radius 1 is 1.14 bits per heavy atom. The molecule has 0 amide bonds. The third-order valence-electron chi connectivity index (χ3n) is 2.79. The molecule has 1 N–H and O–H groups in total. The molecule has 1 nitrogen and oxygen atoms in total. The first-order valence-electron chi connectivity index (χ1n) is 5.25. The first-order valence-corrected chi connectivity index (χ1v) is 5.25. The van der Waals surface area contributed by atoms with Gasteiger partial charge >= 0.3 is 0 Å². The van der Waals surface area contributed by atoms with E-state index >= 15 is 0 Å². The fourth-order valence-electron chi connectivity index (χ4n) is 2.31. The monoisotopic (exact) mass is 192 g/mol. The average molecular weight is 192 g/mol. The number of aliphatic hydroxyl groups is 1. The SMILES string of the molecule is Cc1cc(C)c(C(C)CCO)c(C)c1. The predicted molar refractivity (Wildman–Crippen MR) is 60.8 cm³/mol. The Kier molecular flexibility index (Phi) is 3.70. The lowest BCUT2D eigenvalue weighted by atomic mass is 9.89. The van der Waals surface area contributed by atoms with E-state index in [1.807, 2.05) is 0 Å². The van der Waals surface area contributed by atoms with Crippen LogP contribution in [0.5, 0.6) is 0 Å². The Hall–Kier alpha value is -0.820. The first kappa shape index (κ1) is 11.3. The molecule has 0 fully saturated rings. The molecule has 1 aromatic rings. The second-order valence-corrected chi connectivity index (χ2v) is 4.23. The molecule has 0 saturated carbocycles. The molecule has 0 aromatic heterocycles. The van der Waals surface area contributed by atoms with Gasteiger partial charge < -0.3 is 5.11 Å². The van der Waals surface area contributed by atoms with Crippen LogP contribution in [0.2, 0.25) is 0 Å². The molecule has 0 aliphatic rings. The van der Waals surface area contributed by atoms with Crippen molar-refractivity contribution in [3.63, 3.8) is 0 Å². The Labute approximate surface area is 86.8 Å². The van der Waals surface area contributed by atoms with Crippen molar-refractivity contribution in [1.82, 2.24) is 0 Å². The summed E-state index contributed by atoms with van der Waals surface area (Å²) < 4.78 is 0. The maximum Gasteiger partial charge on any atom is 0.0436 e. The molecule has 78 valence electrons. The summed E-state index contributed by atoms with van der Waals surface area (Å²) in [6.07, 6.45) is 0.852. The minimum atomic E-state index is 0.272. The molecule has 0 aliphatic heterocycles. The smallest absolute Gasteiger partial charge is 0.0436 e. The van der Waals surface area contributed by atoms with E-state index in [0.29, 0.717) is 5.92 Å². The van der Waals surface area contributed by atoms with Crippen molar-refractivity contribution in [2.45, 2.75) is 40.0 Å². The second-order valence-electron chi connectivity index (χ2n) is 4.23. The third-order valence-corrected chi connectivity index (χ3v) is 2.79. The van der Waals surface area contributed by atoms with E-state index in [1.54, 1.807) is 0 Å². The van der Waals surface area contributed by atoms with Crippen LogP contribution in [0.1, 0.15) is 41.5 Å². The quantitative estimate of drug-likeness (QED) is 0.780. The maximum absolute atomic E-state index is 8.93. The molecule has 1 aromatic carbocycles. The Morgan fingerprint density at radius 3 is 2.07 bits per heavy atom. The number of aliphatic hydroxyl groups excluding tert-OH is 1. The summed E-state index contributed by atoms with van der Waals surface area (Å²) in [6, 6.07) is 4.44. The Bertz CT molecular complexity index is 292. The van der Waals surface area contributed by atoms with Gasteiger partial charge in [-0.05, 0) is 49.8 Å². The van der Waals surface area contributed by atoms with Crippen molar-refractivity contribution < 1.29 is 5.11 Å². The van der Waals surface area contributed by atoms with Crippen molar-refractivity contribution in [2.75, 3.05) is 6.61 Å². The summed E-state index contributed by atoms with van der Waals surface area (Å²) in [7, 11) is 0. The van der Waals surface area contributed by atoms with E-state index in [4.69, 9.17) is 5.11 Å². The van der Waals surface area contributed by atoms with Gasteiger partial charge in [0.1, 0.15) is 0 Å². The molecule has 0 aliphatic carbocycles. The highest BCUT2D eigenvalue weighted by Crippen LogP contribution is 2.26. The van der Waals surface area contributed by atoms with Gasteiger partial charge in [-0.1, -0.05) is 24.6 Å². The molecule has 0 bridgehead atoms. The zero-order valence-corrected chi connectivity index (χ0v) is 9.59. The van der Waals surface area contributed by atoms with Gasteiger partial charge in [0.25, 0.3) is 0 Å². The Morgan fingerprint density at radius 2 is 1.64 bits per heavy atom. The fraction of sp³-hybridized carbons (Fsp3) is 0.538. The summed E-state index contributed by atoms with van der Waals surface area (Å²) in [5.41, 5.74) is 5.43. The van der Waals surface area contributed by atoms with Crippen molar-refractivity contribution >= 4 is 0 Å². The summed E-state index contributed by atoms with van der Waals surface area (Å²) in [5, 5.41) is 8.93. The molecule has 0 saturated heterocycles. The molecule has 0 radical (unpaired) electrons. The van der Waals surface area contributed by atoms with Crippen molar-refractivity contribution in [3.8, 4) is 0 Å². The standard InChI is InChI=1S/C13H20O/c1-9-7-11(3)13(12(4)8-9)10(2)5-6-14/h7-8,10,14H,5-6H2,1-4H3. The summed E-state index contributed by atoms with van der Waals surface area (Å²) >= 11 is 0. The zero-order valence-electron chi connectivity index (χ0n) is 9.59. The van der Waals surface area contributed by atoms with Crippen molar-refractivity contribution in [3.05, 3.63) is 34.4 Å². The number of hydrogen-bond donors (Lipinski definition) is 1. The van der Waals surface area contributed by atoms with Gasteiger partial charge in [-0.15, -0.1) is 0 Å². The van der Waals surface area contributed by atoms with Gasteiger partial charge in [-0.25, -0.2) is 0 Å². The minimum absolute atomic E-state index is 0.272. The zero-order chi connectivity index (χ0) is 10.7. The normalized spacial score (nSPS) is 12.9. The highest BCUT2D eigenvalue weighted by atomic mass is 16.3. The number of benzene rings is 1. The van der Waals surface area contributed by atoms with E-state index in [0.717, 1.165) is 6.42 Å². The number of aryl methyl sites for hydroxylation is 3. The lowest BCUT2D eigenvalue weighted by Crippen LogP contribution is -2.02. The Balaban J connectivity index is 3.07. The largest absolute Gasteiger partial charge is 0.396 e. The van der Waals surface area contributed by atoms with Crippen LogP contribution in [0.15, 0.2) is 12.1 Å². The van der Waals surface area contributed by atoms with Crippen molar-refractivity contribution in [2.24, 2.45) is 0 Å². The third kappa shape index (κ3) is 2.36. The molecule has 1 rings (SSSR count). The van der Waals surface area contributed by atoms with Crippen LogP contribution in [0.4, 0.5) is 0 Å². The molecule has 1 atom stereocenters. The van der Waals surface area contributed by atoms with E-state index in [1.165, 1.54) is 22.3 Å². The van der Waals surface area contributed by atoms with Gasteiger partial charge in [0.05, 0.1) is 0 Å². The van der Waals surface area contributed by atoms with E-state index < -0.39 is 0 Å². The highest BCUT2D eigenvalue weighted by molar-refractivity contribution is 5.39. The van der Waals surface area contributed by atoms with Crippen LogP contribution in [0.25, 0.3) is 0 Å². The molecule has 1 unspecified atom stereocenters. The minimum Gasteiger partial charge on any atom is -0.396 e. The number of rotatable bonds is 3. The van der Waals surface area contributed by atoms with Gasteiger partial charge in [0.2, 0.25) is 0 Å².